The fraction of sp³-hybridized carbons (Fsp3) is 0.417. The number of aromatic nitrogens is 2. The Kier molecular flexibility index (Phi) is 7.28. The first-order valence-electron chi connectivity index (χ1n) is 10.5. The first-order valence-corrected chi connectivity index (χ1v) is 10.5. The minimum Gasteiger partial charge on any atom is -0.493 e. The molecule has 0 fully saturated rings. The number of hydrogen-bond donors (Lipinski definition) is 1. The summed E-state index contributed by atoms with van der Waals surface area (Å²) >= 11 is 0. The molecule has 29 heavy (non-hydrogen) atoms. The van der Waals surface area contributed by atoms with Gasteiger partial charge in [-0.3, -0.25) is 4.79 Å². The molecule has 5 nitrogen and oxygen atoms in total. The van der Waals surface area contributed by atoms with Crippen LogP contribution in [0.15, 0.2) is 48.5 Å². The molecule has 0 spiro atoms. The number of benzene rings is 2. The second-order valence-electron chi connectivity index (χ2n) is 7.47. The molecule has 0 saturated carbocycles. The summed E-state index contributed by atoms with van der Waals surface area (Å²) in [5.74, 6) is 1.94. The van der Waals surface area contributed by atoms with Crippen molar-refractivity contribution in [2.45, 2.75) is 59.0 Å². The lowest BCUT2D eigenvalue weighted by molar-refractivity contribution is -0.121. The highest BCUT2D eigenvalue weighted by molar-refractivity contribution is 5.78. The molecule has 0 radical (unpaired) electrons. The minimum atomic E-state index is -0.121. The van der Waals surface area contributed by atoms with Gasteiger partial charge in [0, 0.05) is 13.0 Å². The predicted molar refractivity (Wildman–Crippen MR) is 117 cm³/mol. The highest BCUT2D eigenvalue weighted by Gasteiger charge is 2.17. The van der Waals surface area contributed by atoms with E-state index in [-0.39, 0.29) is 11.9 Å². The van der Waals surface area contributed by atoms with Crippen LogP contribution >= 0.6 is 0 Å². The SMILES string of the molecule is CCCC(=O)NC(C)c1nc2ccccc2n1CCCCOc1ccccc1C. The molecule has 1 aromatic heterocycles. The summed E-state index contributed by atoms with van der Waals surface area (Å²) in [6.45, 7) is 7.62. The molecular weight excluding hydrogens is 362 g/mol. The molecule has 1 unspecified atom stereocenters. The first-order chi connectivity index (χ1) is 14.1. The normalized spacial score (nSPS) is 12.1. The Bertz CT molecular complexity index is 948. The number of amides is 1. The second kappa shape index (κ2) is 10.1. The van der Waals surface area contributed by atoms with Crippen molar-refractivity contribution in [3.63, 3.8) is 0 Å². The van der Waals surface area contributed by atoms with Crippen molar-refractivity contribution >= 4 is 16.9 Å². The molecule has 3 aromatic rings. The Morgan fingerprint density at radius 2 is 1.90 bits per heavy atom. The number of nitrogens with one attached hydrogen (secondary N) is 1. The number of nitrogens with zero attached hydrogens (tertiary/aromatic N) is 2. The molecule has 2 aromatic carbocycles. The van der Waals surface area contributed by atoms with E-state index in [4.69, 9.17) is 9.72 Å². The van der Waals surface area contributed by atoms with E-state index in [1.165, 1.54) is 0 Å². The molecule has 1 heterocycles. The molecule has 1 atom stereocenters. The molecule has 0 saturated heterocycles. The lowest BCUT2D eigenvalue weighted by atomic mass is 10.2. The van der Waals surface area contributed by atoms with Crippen LogP contribution in [0.25, 0.3) is 11.0 Å². The van der Waals surface area contributed by atoms with Crippen LogP contribution in [0.3, 0.4) is 0 Å². The van der Waals surface area contributed by atoms with Crippen LogP contribution in [0.2, 0.25) is 0 Å². The van der Waals surface area contributed by atoms with E-state index >= 15 is 0 Å². The smallest absolute Gasteiger partial charge is 0.220 e. The first kappa shape index (κ1) is 20.9. The van der Waals surface area contributed by atoms with Crippen molar-refractivity contribution in [3.8, 4) is 5.75 Å². The Morgan fingerprint density at radius 1 is 1.14 bits per heavy atom. The molecular formula is C24H31N3O2. The molecule has 0 aliphatic rings. The lowest BCUT2D eigenvalue weighted by Gasteiger charge is -2.16. The maximum atomic E-state index is 12.1. The van der Waals surface area contributed by atoms with Gasteiger partial charge in [0.25, 0.3) is 0 Å². The number of rotatable bonds is 10. The summed E-state index contributed by atoms with van der Waals surface area (Å²) < 4.78 is 8.16. The topological polar surface area (TPSA) is 56.2 Å². The summed E-state index contributed by atoms with van der Waals surface area (Å²) in [5, 5.41) is 3.08. The van der Waals surface area contributed by atoms with Crippen molar-refractivity contribution in [1.82, 2.24) is 14.9 Å². The van der Waals surface area contributed by atoms with Gasteiger partial charge >= 0.3 is 0 Å². The fourth-order valence-electron chi connectivity index (χ4n) is 3.54. The van der Waals surface area contributed by atoms with Crippen LogP contribution < -0.4 is 10.1 Å². The molecule has 0 aliphatic heterocycles. The highest BCUT2D eigenvalue weighted by Crippen LogP contribution is 2.22. The molecule has 0 aliphatic carbocycles. The van der Waals surface area contributed by atoms with Gasteiger partial charge in [-0.25, -0.2) is 4.98 Å². The van der Waals surface area contributed by atoms with E-state index in [1.807, 2.05) is 50.2 Å². The van der Waals surface area contributed by atoms with Gasteiger partial charge in [-0.2, -0.15) is 0 Å². The number of hydrogen-bond acceptors (Lipinski definition) is 3. The third-order valence-electron chi connectivity index (χ3n) is 5.05. The van der Waals surface area contributed by atoms with Crippen LogP contribution in [0, 0.1) is 6.92 Å². The Morgan fingerprint density at radius 3 is 2.69 bits per heavy atom. The zero-order chi connectivity index (χ0) is 20.6. The van der Waals surface area contributed by atoms with E-state index in [9.17, 15) is 4.79 Å². The molecule has 3 rings (SSSR count). The summed E-state index contributed by atoms with van der Waals surface area (Å²) in [5.41, 5.74) is 3.24. The van der Waals surface area contributed by atoms with E-state index in [0.717, 1.165) is 54.0 Å². The fourth-order valence-corrected chi connectivity index (χ4v) is 3.54. The number of imidazole rings is 1. The maximum absolute atomic E-state index is 12.1. The number of carbonyl (C=O) groups is 1. The molecule has 1 amide bonds. The Hall–Kier alpha value is -2.82. The van der Waals surface area contributed by atoms with Crippen molar-refractivity contribution in [3.05, 3.63) is 59.9 Å². The third kappa shape index (κ3) is 5.37. The minimum absolute atomic E-state index is 0.0743. The number of unbranched alkanes of at least 4 members (excludes halogenated alkanes) is 1. The highest BCUT2D eigenvalue weighted by atomic mass is 16.5. The van der Waals surface area contributed by atoms with E-state index < -0.39 is 0 Å². The third-order valence-corrected chi connectivity index (χ3v) is 5.05. The molecule has 154 valence electrons. The number of aryl methyl sites for hydroxylation is 2. The lowest BCUT2D eigenvalue weighted by Crippen LogP contribution is -2.28. The average molecular weight is 394 g/mol. The van der Waals surface area contributed by atoms with Crippen LogP contribution in [-0.4, -0.2) is 22.1 Å². The molecule has 0 bridgehead atoms. The van der Waals surface area contributed by atoms with Crippen LogP contribution in [0.4, 0.5) is 0 Å². The summed E-state index contributed by atoms with van der Waals surface area (Å²) in [4.78, 5) is 16.9. The summed E-state index contributed by atoms with van der Waals surface area (Å²) in [6.07, 6.45) is 3.32. The number of carbonyl (C=O) groups excluding carboxylic acids is 1. The van der Waals surface area contributed by atoms with Crippen molar-refractivity contribution in [2.75, 3.05) is 6.61 Å². The zero-order valence-corrected chi connectivity index (χ0v) is 17.6. The monoisotopic (exact) mass is 393 g/mol. The van der Waals surface area contributed by atoms with Gasteiger partial charge in [-0.05, 0) is 56.9 Å². The van der Waals surface area contributed by atoms with Gasteiger partial charge in [-0.15, -0.1) is 0 Å². The van der Waals surface area contributed by atoms with Gasteiger partial charge in [-0.1, -0.05) is 37.3 Å². The predicted octanol–water partition coefficient (Wildman–Crippen LogP) is 5.18. The number of fused-ring (bicyclic) bond motifs is 1. The van der Waals surface area contributed by atoms with E-state index in [2.05, 4.69) is 28.9 Å². The van der Waals surface area contributed by atoms with Crippen molar-refractivity contribution in [2.24, 2.45) is 0 Å². The van der Waals surface area contributed by atoms with Crippen molar-refractivity contribution < 1.29 is 9.53 Å². The number of para-hydroxylation sites is 3. The molecule has 1 N–H and O–H groups in total. The largest absolute Gasteiger partial charge is 0.493 e. The number of ether oxygens (including phenoxy) is 1. The van der Waals surface area contributed by atoms with Gasteiger partial charge in [0.15, 0.2) is 0 Å². The standard InChI is InChI=1S/C24H31N3O2/c1-4-11-23(28)25-19(3)24-26-20-13-6-7-14-21(20)27(24)16-9-10-17-29-22-15-8-5-12-18(22)2/h5-8,12-15,19H,4,9-11,16-17H2,1-3H3,(H,25,28). The van der Waals surface area contributed by atoms with Crippen LogP contribution in [0.1, 0.15) is 57.0 Å². The van der Waals surface area contributed by atoms with Crippen LogP contribution in [0.5, 0.6) is 5.75 Å². The molecule has 5 heteroatoms. The van der Waals surface area contributed by atoms with Gasteiger partial charge in [0.1, 0.15) is 11.6 Å². The van der Waals surface area contributed by atoms with Gasteiger partial charge in [0.05, 0.1) is 23.7 Å². The summed E-state index contributed by atoms with van der Waals surface area (Å²) in [7, 11) is 0. The van der Waals surface area contributed by atoms with E-state index in [1.54, 1.807) is 0 Å². The maximum Gasteiger partial charge on any atom is 0.220 e. The second-order valence-corrected chi connectivity index (χ2v) is 7.47. The Balaban J connectivity index is 1.64. The van der Waals surface area contributed by atoms with Crippen molar-refractivity contribution in [1.29, 1.82) is 0 Å². The van der Waals surface area contributed by atoms with Gasteiger partial charge < -0.3 is 14.6 Å². The average Bonchev–Trinajstić information content (AvgIpc) is 3.08. The van der Waals surface area contributed by atoms with E-state index in [0.29, 0.717) is 13.0 Å². The Labute approximate surface area is 173 Å². The van der Waals surface area contributed by atoms with Gasteiger partial charge in [0.2, 0.25) is 5.91 Å². The quantitative estimate of drug-likeness (QED) is 0.483. The summed E-state index contributed by atoms with van der Waals surface area (Å²) in [6, 6.07) is 16.1. The zero-order valence-electron chi connectivity index (χ0n) is 17.6. The van der Waals surface area contributed by atoms with Crippen LogP contribution in [-0.2, 0) is 11.3 Å².